The molecule has 3 unspecified atom stereocenters. The van der Waals surface area contributed by atoms with Gasteiger partial charge in [-0.3, -0.25) is 0 Å². The van der Waals surface area contributed by atoms with Crippen molar-refractivity contribution in [2.75, 3.05) is 26.4 Å². The molecule has 0 aromatic carbocycles. The maximum absolute atomic E-state index is 5.68. The molecule has 16 heavy (non-hydrogen) atoms. The third-order valence-electron chi connectivity index (χ3n) is 3.83. The first-order valence-electron chi connectivity index (χ1n) is 6.81. The minimum absolute atomic E-state index is 0.487. The lowest BCUT2D eigenvalue weighted by Crippen LogP contribution is -2.39. The Morgan fingerprint density at radius 1 is 1.25 bits per heavy atom. The molecule has 0 saturated carbocycles. The van der Waals surface area contributed by atoms with Crippen LogP contribution in [0.2, 0.25) is 0 Å². The van der Waals surface area contributed by atoms with Crippen molar-refractivity contribution in [2.24, 2.45) is 5.92 Å². The minimum Gasteiger partial charge on any atom is -0.381 e. The molecule has 94 valence electrons. The van der Waals surface area contributed by atoms with Gasteiger partial charge in [-0.05, 0) is 44.6 Å². The van der Waals surface area contributed by atoms with Crippen molar-refractivity contribution >= 4 is 0 Å². The third-order valence-corrected chi connectivity index (χ3v) is 3.83. The molecule has 0 aromatic rings. The summed E-state index contributed by atoms with van der Waals surface area (Å²) in [6.45, 7) is 6.24. The molecule has 3 nitrogen and oxygen atoms in total. The second kappa shape index (κ2) is 6.58. The van der Waals surface area contributed by atoms with E-state index in [1.807, 2.05) is 0 Å². The SMILES string of the molecule is CCC1CC(NCCC2CCOC2)CCO1. The second-order valence-electron chi connectivity index (χ2n) is 5.09. The predicted molar refractivity (Wildman–Crippen MR) is 64.6 cm³/mol. The monoisotopic (exact) mass is 227 g/mol. The normalized spacial score (nSPS) is 35.4. The Bertz CT molecular complexity index is 192. The molecular weight excluding hydrogens is 202 g/mol. The van der Waals surface area contributed by atoms with Crippen LogP contribution >= 0.6 is 0 Å². The van der Waals surface area contributed by atoms with E-state index in [9.17, 15) is 0 Å². The van der Waals surface area contributed by atoms with Crippen molar-refractivity contribution in [1.29, 1.82) is 0 Å². The Kier molecular flexibility index (Phi) is 5.07. The van der Waals surface area contributed by atoms with Gasteiger partial charge in [-0.25, -0.2) is 0 Å². The summed E-state index contributed by atoms with van der Waals surface area (Å²) in [6.07, 6.45) is 6.53. The first kappa shape index (κ1) is 12.3. The van der Waals surface area contributed by atoms with Crippen LogP contribution in [0.15, 0.2) is 0 Å². The molecule has 2 rings (SSSR count). The van der Waals surface area contributed by atoms with Crippen molar-refractivity contribution in [1.82, 2.24) is 5.32 Å². The zero-order valence-corrected chi connectivity index (χ0v) is 10.4. The Morgan fingerprint density at radius 2 is 2.19 bits per heavy atom. The van der Waals surface area contributed by atoms with Crippen LogP contribution in [0, 0.1) is 5.92 Å². The number of ether oxygens (including phenoxy) is 2. The highest BCUT2D eigenvalue weighted by Crippen LogP contribution is 2.18. The fourth-order valence-corrected chi connectivity index (χ4v) is 2.65. The van der Waals surface area contributed by atoms with Crippen LogP contribution in [0.5, 0.6) is 0 Å². The van der Waals surface area contributed by atoms with Crippen LogP contribution in [0.4, 0.5) is 0 Å². The summed E-state index contributed by atoms with van der Waals surface area (Å²) in [6, 6.07) is 0.682. The van der Waals surface area contributed by atoms with E-state index in [-0.39, 0.29) is 0 Å². The van der Waals surface area contributed by atoms with E-state index in [4.69, 9.17) is 9.47 Å². The van der Waals surface area contributed by atoms with Crippen LogP contribution in [-0.4, -0.2) is 38.5 Å². The van der Waals surface area contributed by atoms with Gasteiger partial charge >= 0.3 is 0 Å². The van der Waals surface area contributed by atoms with Crippen molar-refractivity contribution in [3.8, 4) is 0 Å². The average Bonchev–Trinajstić information content (AvgIpc) is 2.82. The van der Waals surface area contributed by atoms with E-state index in [1.165, 1.54) is 25.7 Å². The highest BCUT2D eigenvalue weighted by Gasteiger charge is 2.21. The molecule has 0 spiro atoms. The van der Waals surface area contributed by atoms with E-state index < -0.39 is 0 Å². The molecule has 0 radical (unpaired) electrons. The molecular formula is C13H25NO2. The standard InChI is InChI=1S/C13H25NO2/c1-2-13-9-12(5-8-16-13)14-6-3-11-4-7-15-10-11/h11-14H,2-10H2,1H3. The van der Waals surface area contributed by atoms with Gasteiger partial charge in [0.1, 0.15) is 0 Å². The first-order valence-corrected chi connectivity index (χ1v) is 6.81. The minimum atomic E-state index is 0.487. The highest BCUT2D eigenvalue weighted by molar-refractivity contribution is 4.77. The Morgan fingerprint density at radius 3 is 2.94 bits per heavy atom. The quantitative estimate of drug-likeness (QED) is 0.779. The zero-order valence-electron chi connectivity index (χ0n) is 10.4. The Labute approximate surface area is 98.9 Å². The molecule has 2 aliphatic rings. The summed E-state index contributed by atoms with van der Waals surface area (Å²) < 4.78 is 11.1. The largest absolute Gasteiger partial charge is 0.381 e. The topological polar surface area (TPSA) is 30.5 Å². The summed E-state index contributed by atoms with van der Waals surface area (Å²) in [4.78, 5) is 0. The summed E-state index contributed by atoms with van der Waals surface area (Å²) >= 11 is 0. The van der Waals surface area contributed by atoms with E-state index in [2.05, 4.69) is 12.2 Å². The first-order chi connectivity index (χ1) is 7.88. The van der Waals surface area contributed by atoms with Gasteiger partial charge in [0.25, 0.3) is 0 Å². The summed E-state index contributed by atoms with van der Waals surface area (Å²) in [5.74, 6) is 0.800. The lowest BCUT2D eigenvalue weighted by atomic mass is 10.0. The maximum Gasteiger partial charge on any atom is 0.0587 e. The molecule has 0 amide bonds. The Hall–Kier alpha value is -0.120. The maximum atomic E-state index is 5.68. The van der Waals surface area contributed by atoms with Gasteiger partial charge in [0.05, 0.1) is 6.10 Å². The molecule has 0 aromatic heterocycles. The van der Waals surface area contributed by atoms with Crippen molar-refractivity contribution in [2.45, 2.75) is 51.2 Å². The van der Waals surface area contributed by atoms with Crippen molar-refractivity contribution in [3.63, 3.8) is 0 Å². The van der Waals surface area contributed by atoms with E-state index in [0.29, 0.717) is 12.1 Å². The van der Waals surface area contributed by atoms with Gasteiger partial charge in [0, 0.05) is 25.9 Å². The molecule has 2 heterocycles. The highest BCUT2D eigenvalue weighted by atomic mass is 16.5. The van der Waals surface area contributed by atoms with Crippen LogP contribution in [-0.2, 0) is 9.47 Å². The van der Waals surface area contributed by atoms with E-state index in [0.717, 1.165) is 38.7 Å². The number of rotatable bonds is 5. The number of nitrogens with one attached hydrogen (secondary N) is 1. The summed E-state index contributed by atoms with van der Waals surface area (Å²) in [7, 11) is 0. The van der Waals surface area contributed by atoms with Crippen LogP contribution in [0.1, 0.15) is 39.0 Å². The number of hydrogen-bond donors (Lipinski definition) is 1. The van der Waals surface area contributed by atoms with Gasteiger partial charge in [0.15, 0.2) is 0 Å². The summed E-state index contributed by atoms with van der Waals surface area (Å²) in [5.41, 5.74) is 0. The lowest BCUT2D eigenvalue weighted by molar-refractivity contribution is -0.000162. The van der Waals surface area contributed by atoms with Gasteiger partial charge in [0.2, 0.25) is 0 Å². The van der Waals surface area contributed by atoms with Gasteiger partial charge < -0.3 is 14.8 Å². The molecule has 2 saturated heterocycles. The van der Waals surface area contributed by atoms with Crippen LogP contribution in [0.25, 0.3) is 0 Å². The van der Waals surface area contributed by atoms with E-state index >= 15 is 0 Å². The molecule has 3 atom stereocenters. The van der Waals surface area contributed by atoms with Gasteiger partial charge in [-0.15, -0.1) is 0 Å². The van der Waals surface area contributed by atoms with Crippen LogP contribution < -0.4 is 5.32 Å². The van der Waals surface area contributed by atoms with Gasteiger partial charge in [-0.1, -0.05) is 6.92 Å². The van der Waals surface area contributed by atoms with Crippen molar-refractivity contribution in [3.05, 3.63) is 0 Å². The number of hydrogen-bond acceptors (Lipinski definition) is 3. The molecule has 0 bridgehead atoms. The van der Waals surface area contributed by atoms with Gasteiger partial charge in [-0.2, -0.15) is 0 Å². The van der Waals surface area contributed by atoms with E-state index in [1.54, 1.807) is 0 Å². The fraction of sp³-hybridized carbons (Fsp3) is 1.00. The van der Waals surface area contributed by atoms with Crippen molar-refractivity contribution < 1.29 is 9.47 Å². The lowest BCUT2D eigenvalue weighted by Gasteiger charge is -2.29. The second-order valence-corrected chi connectivity index (χ2v) is 5.09. The molecule has 1 N–H and O–H groups in total. The molecule has 2 fully saturated rings. The predicted octanol–water partition coefficient (Wildman–Crippen LogP) is 1.96. The van der Waals surface area contributed by atoms with Crippen LogP contribution in [0.3, 0.4) is 0 Å². The third kappa shape index (κ3) is 3.72. The molecule has 0 aliphatic carbocycles. The molecule has 2 aliphatic heterocycles. The summed E-state index contributed by atoms with van der Waals surface area (Å²) in [5, 5.41) is 3.68. The fourth-order valence-electron chi connectivity index (χ4n) is 2.65. The zero-order chi connectivity index (χ0) is 11.2. The smallest absolute Gasteiger partial charge is 0.0587 e. The molecule has 3 heteroatoms. The average molecular weight is 227 g/mol. The Balaban J connectivity index is 1.58.